The van der Waals surface area contributed by atoms with Crippen molar-refractivity contribution in [3.8, 4) is 0 Å². The summed E-state index contributed by atoms with van der Waals surface area (Å²) in [5, 5.41) is 23.8. The van der Waals surface area contributed by atoms with Crippen LogP contribution in [-0.2, 0) is 6.18 Å². The van der Waals surface area contributed by atoms with Gasteiger partial charge < -0.3 is 5.32 Å². The molecule has 0 saturated carbocycles. The van der Waals surface area contributed by atoms with Crippen molar-refractivity contribution in [1.29, 1.82) is 0 Å². The number of nitro groups is 2. The summed E-state index contributed by atoms with van der Waals surface area (Å²) in [7, 11) is 0. The molecule has 28 heavy (non-hydrogen) atoms. The number of hydrogen-bond donors (Lipinski definition) is 1. The molecule has 13 heteroatoms. The number of hydrogen-bond acceptors (Lipinski definition) is 5. The molecule has 0 atom stereocenters. The van der Waals surface area contributed by atoms with Crippen molar-refractivity contribution in [3.05, 3.63) is 65.2 Å². The van der Waals surface area contributed by atoms with Gasteiger partial charge >= 0.3 is 6.18 Å². The molecule has 0 amide bonds. The summed E-state index contributed by atoms with van der Waals surface area (Å²) in [5.41, 5.74) is -7.06. The third-order valence-electron chi connectivity index (χ3n) is 3.82. The van der Waals surface area contributed by atoms with Crippen LogP contribution in [0.3, 0.4) is 0 Å². The minimum Gasteiger partial charge on any atom is -0.345 e. The normalized spacial score (nSPS) is 11.4. The molecular weight excluding hydrogens is 461 g/mol. The molecule has 0 aliphatic carbocycles. The third-order valence-corrected chi connectivity index (χ3v) is 5.01. The van der Waals surface area contributed by atoms with E-state index in [1.165, 1.54) is 13.8 Å². The number of nitrogens with zero attached hydrogens (tertiary/aromatic N) is 2. The second kappa shape index (κ2) is 7.30. The lowest BCUT2D eigenvalue weighted by molar-refractivity contribution is -0.394. The first-order chi connectivity index (χ1) is 12.8. The maximum atomic E-state index is 14.5. The van der Waals surface area contributed by atoms with Gasteiger partial charge in [0.2, 0.25) is 0 Å². The lowest BCUT2D eigenvalue weighted by Gasteiger charge is -2.18. The van der Waals surface area contributed by atoms with Crippen LogP contribution in [0.1, 0.15) is 16.7 Å². The fourth-order valence-corrected chi connectivity index (χ4v) is 2.74. The Balaban J connectivity index is 2.87. The van der Waals surface area contributed by atoms with Gasteiger partial charge in [-0.2, -0.15) is 13.2 Å². The van der Waals surface area contributed by atoms with E-state index in [1.54, 1.807) is 5.32 Å². The van der Waals surface area contributed by atoms with E-state index in [9.17, 15) is 42.2 Å². The molecule has 0 bridgehead atoms. The second-order valence-electron chi connectivity index (χ2n) is 5.59. The van der Waals surface area contributed by atoms with Crippen molar-refractivity contribution in [2.24, 2.45) is 0 Å². The SMILES string of the molecule is Cc1c(F)c(Nc2c([N+](=O)[O-])cc([N+](=O)[O-])cc2C(F)(F)F)c(F)c(C)c1Br. The van der Waals surface area contributed by atoms with E-state index in [2.05, 4.69) is 15.9 Å². The van der Waals surface area contributed by atoms with Crippen molar-refractivity contribution in [2.45, 2.75) is 20.0 Å². The van der Waals surface area contributed by atoms with Crippen LogP contribution in [0.4, 0.5) is 44.7 Å². The summed E-state index contributed by atoms with van der Waals surface area (Å²) >= 11 is 2.94. The summed E-state index contributed by atoms with van der Waals surface area (Å²) in [6.07, 6.45) is -5.29. The summed E-state index contributed by atoms with van der Waals surface area (Å²) in [5.74, 6) is -2.56. The summed E-state index contributed by atoms with van der Waals surface area (Å²) in [6, 6.07) is 0.315. The summed E-state index contributed by atoms with van der Waals surface area (Å²) < 4.78 is 69.1. The average molecular weight is 470 g/mol. The first-order valence-corrected chi connectivity index (χ1v) is 8.01. The predicted octanol–water partition coefficient (Wildman–Crippen LogP) is 5.92. The van der Waals surface area contributed by atoms with Crippen LogP contribution in [0.25, 0.3) is 0 Å². The van der Waals surface area contributed by atoms with E-state index >= 15 is 0 Å². The number of rotatable bonds is 4. The first-order valence-electron chi connectivity index (χ1n) is 7.22. The standard InChI is InChI=1S/C15H9BrF5N3O4/c1-5-10(16)6(2)12(18)14(11(5)17)22-13-8(15(19,20)21)3-7(23(25)26)4-9(13)24(27)28/h3-4,22H,1-2H3. The van der Waals surface area contributed by atoms with Crippen molar-refractivity contribution in [2.75, 3.05) is 5.32 Å². The molecule has 150 valence electrons. The van der Waals surface area contributed by atoms with Crippen molar-refractivity contribution in [1.82, 2.24) is 0 Å². The summed E-state index contributed by atoms with van der Waals surface area (Å²) in [4.78, 5) is 19.5. The van der Waals surface area contributed by atoms with Crippen LogP contribution in [0.15, 0.2) is 16.6 Å². The minimum absolute atomic E-state index is 0.0299. The van der Waals surface area contributed by atoms with Crippen molar-refractivity contribution < 1.29 is 31.8 Å². The molecule has 0 aliphatic heterocycles. The fraction of sp³-hybridized carbons (Fsp3) is 0.200. The zero-order valence-electron chi connectivity index (χ0n) is 13.9. The maximum absolute atomic E-state index is 14.5. The lowest BCUT2D eigenvalue weighted by Crippen LogP contribution is -2.13. The molecule has 0 aliphatic rings. The van der Waals surface area contributed by atoms with E-state index in [0.717, 1.165) is 0 Å². The smallest absolute Gasteiger partial charge is 0.345 e. The van der Waals surface area contributed by atoms with Gasteiger partial charge in [-0.05, 0) is 13.8 Å². The molecule has 0 spiro atoms. The molecule has 0 saturated heterocycles. The Hall–Kier alpha value is -2.83. The van der Waals surface area contributed by atoms with Crippen LogP contribution in [-0.4, -0.2) is 9.85 Å². The quantitative estimate of drug-likeness (QED) is 0.340. The molecule has 0 radical (unpaired) electrons. The zero-order valence-corrected chi connectivity index (χ0v) is 15.5. The number of nitro benzene ring substituents is 2. The Morgan fingerprint density at radius 2 is 1.46 bits per heavy atom. The Bertz CT molecular complexity index is 981. The van der Waals surface area contributed by atoms with Gasteiger partial charge in [0.15, 0.2) is 11.6 Å². The van der Waals surface area contributed by atoms with Gasteiger partial charge in [-0.3, -0.25) is 20.2 Å². The lowest BCUT2D eigenvalue weighted by atomic mass is 10.1. The van der Waals surface area contributed by atoms with E-state index in [1.807, 2.05) is 0 Å². The van der Waals surface area contributed by atoms with E-state index < -0.39 is 56.0 Å². The van der Waals surface area contributed by atoms with E-state index in [4.69, 9.17) is 0 Å². The van der Waals surface area contributed by atoms with Gasteiger partial charge in [-0.25, -0.2) is 8.78 Å². The zero-order chi connectivity index (χ0) is 21.5. The number of halogens is 6. The average Bonchev–Trinajstić information content (AvgIpc) is 2.60. The molecule has 2 rings (SSSR count). The molecule has 7 nitrogen and oxygen atoms in total. The third kappa shape index (κ3) is 3.74. The van der Waals surface area contributed by atoms with Crippen LogP contribution in [0, 0.1) is 45.7 Å². The van der Waals surface area contributed by atoms with Gasteiger partial charge in [-0.1, -0.05) is 15.9 Å². The fourth-order valence-electron chi connectivity index (χ4n) is 2.40. The van der Waals surface area contributed by atoms with Crippen molar-refractivity contribution >= 4 is 38.7 Å². The molecule has 1 N–H and O–H groups in total. The number of anilines is 2. The number of non-ortho nitro benzene ring substituents is 1. The number of alkyl halides is 3. The highest BCUT2D eigenvalue weighted by Gasteiger charge is 2.40. The minimum atomic E-state index is -5.29. The molecule has 0 aromatic heterocycles. The Morgan fingerprint density at radius 3 is 1.86 bits per heavy atom. The second-order valence-corrected chi connectivity index (χ2v) is 6.38. The highest BCUT2D eigenvalue weighted by molar-refractivity contribution is 9.10. The maximum Gasteiger partial charge on any atom is 0.418 e. The molecule has 0 heterocycles. The van der Waals surface area contributed by atoms with E-state index in [-0.39, 0.29) is 27.7 Å². The Morgan fingerprint density at radius 1 is 0.964 bits per heavy atom. The predicted molar refractivity (Wildman–Crippen MR) is 91.6 cm³/mol. The van der Waals surface area contributed by atoms with Gasteiger partial charge in [0.1, 0.15) is 11.4 Å². The van der Waals surface area contributed by atoms with Crippen LogP contribution in [0.5, 0.6) is 0 Å². The molecule has 2 aromatic carbocycles. The van der Waals surface area contributed by atoms with Crippen LogP contribution in [0.2, 0.25) is 0 Å². The van der Waals surface area contributed by atoms with Gasteiger partial charge in [0, 0.05) is 21.7 Å². The number of benzene rings is 2. The highest BCUT2D eigenvalue weighted by atomic mass is 79.9. The molecule has 0 unspecified atom stereocenters. The van der Waals surface area contributed by atoms with Gasteiger partial charge in [-0.15, -0.1) is 0 Å². The first kappa shape index (κ1) is 21.5. The van der Waals surface area contributed by atoms with Gasteiger partial charge in [0.25, 0.3) is 11.4 Å². The van der Waals surface area contributed by atoms with Gasteiger partial charge in [0.05, 0.1) is 21.5 Å². The van der Waals surface area contributed by atoms with E-state index in [0.29, 0.717) is 0 Å². The van der Waals surface area contributed by atoms with Crippen LogP contribution < -0.4 is 5.32 Å². The summed E-state index contributed by atoms with van der Waals surface area (Å²) in [6.45, 7) is 2.43. The monoisotopic (exact) mass is 469 g/mol. The Kier molecular flexibility index (Phi) is 5.59. The largest absolute Gasteiger partial charge is 0.418 e. The number of nitrogens with one attached hydrogen (secondary N) is 1. The highest BCUT2D eigenvalue weighted by Crippen LogP contribution is 2.45. The Labute approximate surface area is 161 Å². The topological polar surface area (TPSA) is 98.3 Å². The molecule has 0 fully saturated rings. The molecule has 2 aromatic rings. The molecular formula is C15H9BrF5N3O4. The van der Waals surface area contributed by atoms with Crippen molar-refractivity contribution in [3.63, 3.8) is 0 Å². The van der Waals surface area contributed by atoms with Crippen LogP contribution >= 0.6 is 15.9 Å².